The highest BCUT2D eigenvalue weighted by molar-refractivity contribution is 9.10. The number of aliphatic carboxylic acids is 1. The van der Waals surface area contributed by atoms with Crippen LogP contribution in [0.15, 0.2) is 54.7 Å². The van der Waals surface area contributed by atoms with Gasteiger partial charge in [0.05, 0.1) is 18.2 Å². The molecule has 0 unspecified atom stereocenters. The summed E-state index contributed by atoms with van der Waals surface area (Å²) in [5.41, 5.74) is 3.98. The predicted molar refractivity (Wildman–Crippen MR) is 131 cm³/mol. The van der Waals surface area contributed by atoms with Gasteiger partial charge in [0.25, 0.3) is 0 Å². The highest BCUT2D eigenvalue weighted by Gasteiger charge is 2.34. The Hall–Kier alpha value is -3.39. The molecule has 0 spiro atoms. The molecule has 1 saturated heterocycles. The molecular formula is C26H22BrNO6. The molecule has 34 heavy (non-hydrogen) atoms. The van der Waals surface area contributed by atoms with Gasteiger partial charge in [-0.2, -0.15) is 0 Å². The van der Waals surface area contributed by atoms with E-state index in [9.17, 15) is 19.5 Å². The molecule has 1 aliphatic rings. The van der Waals surface area contributed by atoms with Crippen molar-refractivity contribution in [2.75, 3.05) is 6.54 Å². The first kappa shape index (κ1) is 22.4. The summed E-state index contributed by atoms with van der Waals surface area (Å²) >= 11 is 3.45. The standard InChI is InChI=1S/C26H22BrNO6/c1-13-17-10-19-20(15-5-7-16(27)8-6-15)12-33-23(19)14(2)24(17)34-26(32)18(13)11-22(29)28-9-3-4-21(28)25(30)31/h5-8,10,12,21H,3-4,9,11H2,1-2H3,(H,30,31)/t21-/m0/s1. The minimum absolute atomic E-state index is 0.198. The second-order valence-corrected chi connectivity index (χ2v) is 9.58. The van der Waals surface area contributed by atoms with Gasteiger partial charge in [0.15, 0.2) is 0 Å². The second-order valence-electron chi connectivity index (χ2n) is 8.66. The first-order valence-corrected chi connectivity index (χ1v) is 11.8. The highest BCUT2D eigenvalue weighted by Crippen LogP contribution is 2.37. The number of carboxylic acids is 1. The number of rotatable bonds is 4. The van der Waals surface area contributed by atoms with Crippen LogP contribution in [-0.4, -0.2) is 34.5 Å². The van der Waals surface area contributed by atoms with Crippen LogP contribution in [0, 0.1) is 13.8 Å². The number of carbonyl (C=O) groups is 2. The molecule has 7 nitrogen and oxygen atoms in total. The average molecular weight is 524 g/mol. The summed E-state index contributed by atoms with van der Waals surface area (Å²) in [4.78, 5) is 38.7. The topological polar surface area (TPSA) is 101 Å². The zero-order chi connectivity index (χ0) is 24.1. The van der Waals surface area contributed by atoms with Crippen LogP contribution >= 0.6 is 15.9 Å². The van der Waals surface area contributed by atoms with Crippen LogP contribution in [0.25, 0.3) is 33.1 Å². The van der Waals surface area contributed by atoms with Gasteiger partial charge < -0.3 is 18.8 Å². The van der Waals surface area contributed by atoms with E-state index in [1.807, 2.05) is 37.3 Å². The fourth-order valence-electron chi connectivity index (χ4n) is 4.83. The number of amides is 1. The van der Waals surface area contributed by atoms with Gasteiger partial charge in [-0.1, -0.05) is 28.1 Å². The molecule has 2 aromatic carbocycles. The van der Waals surface area contributed by atoms with Gasteiger partial charge in [-0.25, -0.2) is 9.59 Å². The first-order valence-electron chi connectivity index (χ1n) is 11.0. The van der Waals surface area contributed by atoms with E-state index in [1.165, 1.54) is 4.90 Å². The van der Waals surface area contributed by atoms with Crippen molar-refractivity contribution in [3.05, 3.63) is 68.2 Å². The Kier molecular flexibility index (Phi) is 5.56. The van der Waals surface area contributed by atoms with E-state index in [2.05, 4.69) is 15.9 Å². The van der Waals surface area contributed by atoms with Crippen LogP contribution in [0.2, 0.25) is 0 Å². The number of hydrogen-bond acceptors (Lipinski definition) is 5. The molecule has 1 fully saturated rings. The Labute approximate surface area is 203 Å². The van der Waals surface area contributed by atoms with Gasteiger partial charge in [0.2, 0.25) is 5.91 Å². The fraction of sp³-hybridized carbons (Fsp3) is 0.269. The summed E-state index contributed by atoms with van der Waals surface area (Å²) in [5, 5.41) is 11.0. The summed E-state index contributed by atoms with van der Waals surface area (Å²) < 4.78 is 12.5. The van der Waals surface area contributed by atoms with E-state index in [0.29, 0.717) is 41.7 Å². The molecule has 8 heteroatoms. The molecule has 1 N–H and O–H groups in total. The van der Waals surface area contributed by atoms with Gasteiger partial charge in [-0.15, -0.1) is 0 Å². The van der Waals surface area contributed by atoms with Gasteiger partial charge in [0.1, 0.15) is 17.2 Å². The lowest BCUT2D eigenvalue weighted by atomic mass is 9.97. The highest BCUT2D eigenvalue weighted by atomic mass is 79.9. The van der Waals surface area contributed by atoms with Crippen molar-refractivity contribution >= 4 is 49.7 Å². The molecule has 0 aliphatic carbocycles. The predicted octanol–water partition coefficient (Wildman–Crippen LogP) is 5.20. The number of fused-ring (bicyclic) bond motifs is 2. The second kappa shape index (κ2) is 8.43. The molecule has 2 aromatic heterocycles. The van der Waals surface area contributed by atoms with Crippen LogP contribution in [-0.2, 0) is 16.0 Å². The number of benzene rings is 2. The number of carbonyl (C=O) groups excluding carboxylic acids is 1. The number of carboxylic acid groups (broad SMARTS) is 1. The minimum atomic E-state index is -1.02. The van der Waals surface area contributed by atoms with Crippen LogP contribution in [0.3, 0.4) is 0 Å². The molecular weight excluding hydrogens is 502 g/mol. The maximum atomic E-state index is 12.9. The van der Waals surface area contributed by atoms with E-state index < -0.39 is 17.6 Å². The van der Waals surface area contributed by atoms with Crippen molar-refractivity contribution in [2.24, 2.45) is 0 Å². The molecule has 0 bridgehead atoms. The van der Waals surface area contributed by atoms with Crippen molar-refractivity contribution in [1.82, 2.24) is 4.90 Å². The first-order chi connectivity index (χ1) is 16.3. The third-order valence-electron chi connectivity index (χ3n) is 6.68. The molecule has 5 rings (SSSR count). The monoisotopic (exact) mass is 523 g/mol. The van der Waals surface area contributed by atoms with E-state index in [1.54, 1.807) is 13.2 Å². The summed E-state index contributed by atoms with van der Waals surface area (Å²) in [7, 11) is 0. The van der Waals surface area contributed by atoms with Crippen LogP contribution in [0.4, 0.5) is 0 Å². The SMILES string of the molecule is Cc1c(CC(=O)N2CCC[C@H]2C(=O)O)c(=O)oc2c(C)c3occ(-c4ccc(Br)cc4)c3cc12. The van der Waals surface area contributed by atoms with E-state index >= 15 is 0 Å². The summed E-state index contributed by atoms with van der Waals surface area (Å²) in [6.07, 6.45) is 2.54. The van der Waals surface area contributed by atoms with Crippen molar-refractivity contribution in [3.63, 3.8) is 0 Å². The Morgan fingerprint density at radius 2 is 1.85 bits per heavy atom. The number of aryl methyl sites for hydroxylation is 2. The van der Waals surface area contributed by atoms with E-state index in [0.717, 1.165) is 26.4 Å². The number of likely N-dealkylation sites (tertiary alicyclic amines) is 1. The Morgan fingerprint density at radius 1 is 1.12 bits per heavy atom. The zero-order valence-corrected chi connectivity index (χ0v) is 20.3. The maximum absolute atomic E-state index is 12.9. The molecule has 1 atom stereocenters. The zero-order valence-electron chi connectivity index (χ0n) is 18.7. The number of halogens is 1. The number of furan rings is 1. The van der Waals surface area contributed by atoms with Gasteiger partial charge in [-0.3, -0.25) is 4.79 Å². The van der Waals surface area contributed by atoms with Crippen LogP contribution in [0.5, 0.6) is 0 Å². The lowest BCUT2D eigenvalue weighted by Crippen LogP contribution is -2.41. The van der Waals surface area contributed by atoms with Gasteiger partial charge in [-0.05, 0) is 56.0 Å². The van der Waals surface area contributed by atoms with Crippen molar-refractivity contribution in [1.29, 1.82) is 0 Å². The molecule has 174 valence electrons. The normalized spacial score (nSPS) is 16.0. The number of hydrogen-bond donors (Lipinski definition) is 1. The minimum Gasteiger partial charge on any atom is -0.480 e. The van der Waals surface area contributed by atoms with Crippen molar-refractivity contribution in [2.45, 2.75) is 39.2 Å². The lowest BCUT2D eigenvalue weighted by Gasteiger charge is -2.21. The van der Waals surface area contributed by atoms with E-state index in [-0.39, 0.29) is 17.9 Å². The smallest absolute Gasteiger partial charge is 0.340 e. The summed E-state index contributed by atoms with van der Waals surface area (Å²) in [5.74, 6) is -1.40. The summed E-state index contributed by atoms with van der Waals surface area (Å²) in [6, 6.07) is 8.98. The fourth-order valence-corrected chi connectivity index (χ4v) is 5.09. The lowest BCUT2D eigenvalue weighted by molar-refractivity contribution is -0.148. The quantitative estimate of drug-likeness (QED) is 0.368. The molecule has 1 amide bonds. The summed E-state index contributed by atoms with van der Waals surface area (Å²) in [6.45, 7) is 4.01. The number of nitrogens with zero attached hydrogens (tertiary/aromatic N) is 1. The Morgan fingerprint density at radius 3 is 2.56 bits per heavy atom. The molecule has 0 radical (unpaired) electrons. The third-order valence-corrected chi connectivity index (χ3v) is 7.21. The Bertz CT molecular complexity index is 1510. The third kappa shape index (κ3) is 3.62. The van der Waals surface area contributed by atoms with E-state index in [4.69, 9.17) is 8.83 Å². The van der Waals surface area contributed by atoms with Gasteiger partial charge >= 0.3 is 11.6 Å². The molecule has 1 aliphatic heterocycles. The van der Waals surface area contributed by atoms with Crippen molar-refractivity contribution in [3.8, 4) is 11.1 Å². The molecule has 4 aromatic rings. The average Bonchev–Trinajstić information content (AvgIpc) is 3.46. The molecule has 3 heterocycles. The van der Waals surface area contributed by atoms with Crippen molar-refractivity contribution < 1.29 is 23.5 Å². The van der Waals surface area contributed by atoms with Crippen LogP contribution in [0.1, 0.15) is 29.5 Å². The Balaban J connectivity index is 1.62. The van der Waals surface area contributed by atoms with Gasteiger partial charge in [0, 0.05) is 32.9 Å². The van der Waals surface area contributed by atoms with Crippen LogP contribution < -0.4 is 5.63 Å². The molecule has 0 saturated carbocycles. The largest absolute Gasteiger partial charge is 0.480 e. The maximum Gasteiger partial charge on any atom is 0.340 e.